The van der Waals surface area contributed by atoms with Gasteiger partial charge in [-0.25, -0.2) is 24.1 Å². The second kappa shape index (κ2) is 9.19. The first-order valence-electron chi connectivity index (χ1n) is 9.66. The van der Waals surface area contributed by atoms with E-state index in [1.165, 1.54) is 13.3 Å². The SMILES string of the molecule is COC(=O)COc1cccc([C@H](C)Nc2nc(-c3c[nH]c4ncc(Cl)cc34)ncc2F)c1.[HH].[HH]. The van der Waals surface area contributed by atoms with Crippen molar-refractivity contribution < 1.29 is 21.5 Å². The van der Waals surface area contributed by atoms with E-state index in [9.17, 15) is 9.18 Å². The number of carbonyl (C=O) groups is 1. The minimum absolute atomic E-state index is 0. The van der Waals surface area contributed by atoms with Crippen LogP contribution in [0.25, 0.3) is 22.4 Å². The molecule has 0 aliphatic heterocycles. The molecule has 1 atom stereocenters. The molecule has 0 saturated heterocycles. The van der Waals surface area contributed by atoms with Crippen LogP contribution in [0.4, 0.5) is 10.2 Å². The van der Waals surface area contributed by atoms with E-state index in [-0.39, 0.29) is 21.3 Å². The van der Waals surface area contributed by atoms with Gasteiger partial charge in [0.1, 0.15) is 11.4 Å². The third-order valence-electron chi connectivity index (χ3n) is 4.78. The molecule has 2 N–H and O–H groups in total. The maximum atomic E-state index is 14.5. The Hall–Kier alpha value is -3.72. The third-order valence-corrected chi connectivity index (χ3v) is 4.99. The van der Waals surface area contributed by atoms with Crippen LogP contribution in [0.5, 0.6) is 5.75 Å². The maximum absolute atomic E-state index is 14.5. The number of pyridine rings is 1. The van der Waals surface area contributed by atoms with Crippen molar-refractivity contribution >= 4 is 34.4 Å². The quantitative estimate of drug-likeness (QED) is 0.374. The zero-order chi connectivity index (χ0) is 22.7. The second-order valence-electron chi connectivity index (χ2n) is 6.95. The van der Waals surface area contributed by atoms with Crippen LogP contribution in [0.3, 0.4) is 0 Å². The Morgan fingerprint density at radius 3 is 2.97 bits per heavy atom. The van der Waals surface area contributed by atoms with Crippen molar-refractivity contribution in [3.8, 4) is 17.1 Å². The van der Waals surface area contributed by atoms with Crippen LogP contribution >= 0.6 is 11.6 Å². The summed E-state index contributed by atoms with van der Waals surface area (Å²) in [6, 6.07) is 8.55. The summed E-state index contributed by atoms with van der Waals surface area (Å²) in [5.41, 5.74) is 2.10. The first-order valence-corrected chi connectivity index (χ1v) is 10.0. The van der Waals surface area contributed by atoms with Gasteiger partial charge in [0.2, 0.25) is 0 Å². The number of ether oxygens (including phenoxy) is 2. The number of benzene rings is 1. The number of H-pyrrole nitrogens is 1. The molecule has 0 aliphatic rings. The number of halogens is 2. The van der Waals surface area contributed by atoms with Crippen LogP contribution in [-0.4, -0.2) is 39.6 Å². The van der Waals surface area contributed by atoms with Crippen molar-refractivity contribution in [2.45, 2.75) is 13.0 Å². The molecule has 3 heterocycles. The Labute approximate surface area is 190 Å². The molecule has 1 aromatic carbocycles. The van der Waals surface area contributed by atoms with Crippen molar-refractivity contribution in [2.75, 3.05) is 19.0 Å². The molecular formula is C22H23ClFN5O3. The molecule has 0 saturated carbocycles. The summed E-state index contributed by atoms with van der Waals surface area (Å²) >= 11 is 6.06. The minimum Gasteiger partial charge on any atom is -0.482 e. The van der Waals surface area contributed by atoms with Crippen LogP contribution in [0, 0.1) is 5.82 Å². The molecule has 10 heteroatoms. The topological polar surface area (TPSA) is 102 Å². The fourth-order valence-electron chi connectivity index (χ4n) is 3.12. The summed E-state index contributed by atoms with van der Waals surface area (Å²) in [5, 5.41) is 4.27. The minimum atomic E-state index is -0.588. The molecule has 0 aliphatic carbocycles. The number of aromatic amines is 1. The highest BCUT2D eigenvalue weighted by Crippen LogP contribution is 2.29. The monoisotopic (exact) mass is 459 g/mol. The number of methoxy groups -OCH3 is 1. The predicted octanol–water partition coefficient (Wildman–Crippen LogP) is 5.03. The number of esters is 1. The van der Waals surface area contributed by atoms with E-state index in [1.54, 1.807) is 30.5 Å². The van der Waals surface area contributed by atoms with Crippen LogP contribution in [0.1, 0.15) is 21.4 Å². The van der Waals surface area contributed by atoms with E-state index in [0.29, 0.717) is 27.8 Å². The number of fused-ring (bicyclic) bond motifs is 1. The van der Waals surface area contributed by atoms with E-state index in [0.717, 1.165) is 17.1 Å². The molecule has 8 nitrogen and oxygen atoms in total. The average Bonchev–Trinajstić information content (AvgIpc) is 3.22. The van der Waals surface area contributed by atoms with Crippen LogP contribution in [0.2, 0.25) is 5.02 Å². The summed E-state index contributed by atoms with van der Waals surface area (Å²) in [4.78, 5) is 27.0. The van der Waals surface area contributed by atoms with Crippen molar-refractivity contribution in [1.29, 1.82) is 0 Å². The van der Waals surface area contributed by atoms with Crippen LogP contribution < -0.4 is 10.1 Å². The highest BCUT2D eigenvalue weighted by Gasteiger charge is 2.16. The molecular weight excluding hydrogens is 437 g/mol. The van der Waals surface area contributed by atoms with Crippen molar-refractivity contribution in [3.05, 3.63) is 65.3 Å². The van der Waals surface area contributed by atoms with Gasteiger partial charge in [0.25, 0.3) is 0 Å². The molecule has 0 radical (unpaired) electrons. The summed E-state index contributed by atoms with van der Waals surface area (Å²) < 4.78 is 24.5. The molecule has 32 heavy (non-hydrogen) atoms. The Bertz CT molecular complexity index is 1290. The Kier molecular flexibility index (Phi) is 6.18. The van der Waals surface area contributed by atoms with E-state index in [2.05, 4.69) is 30.0 Å². The van der Waals surface area contributed by atoms with Gasteiger partial charge in [-0.1, -0.05) is 23.7 Å². The van der Waals surface area contributed by atoms with Gasteiger partial charge in [0.05, 0.1) is 24.4 Å². The number of rotatable bonds is 7. The lowest BCUT2D eigenvalue weighted by atomic mass is 10.1. The van der Waals surface area contributed by atoms with Gasteiger partial charge in [-0.05, 0) is 30.7 Å². The zero-order valence-electron chi connectivity index (χ0n) is 17.2. The van der Waals surface area contributed by atoms with E-state index >= 15 is 0 Å². The summed E-state index contributed by atoms with van der Waals surface area (Å²) in [6.45, 7) is 1.66. The maximum Gasteiger partial charge on any atom is 0.343 e. The first-order chi connectivity index (χ1) is 15.4. The highest BCUT2D eigenvalue weighted by atomic mass is 35.5. The van der Waals surface area contributed by atoms with Gasteiger partial charge < -0.3 is 19.8 Å². The molecule has 3 aromatic heterocycles. The first kappa shape index (κ1) is 21.5. The largest absolute Gasteiger partial charge is 0.482 e. The van der Waals surface area contributed by atoms with E-state index in [4.69, 9.17) is 16.3 Å². The summed E-state index contributed by atoms with van der Waals surface area (Å²) in [7, 11) is 1.29. The Morgan fingerprint density at radius 1 is 1.31 bits per heavy atom. The van der Waals surface area contributed by atoms with Crippen molar-refractivity contribution in [3.63, 3.8) is 0 Å². The summed E-state index contributed by atoms with van der Waals surface area (Å²) in [5.74, 6) is -0.200. The molecule has 0 spiro atoms. The fraction of sp³-hybridized carbons (Fsp3) is 0.182. The highest BCUT2D eigenvalue weighted by molar-refractivity contribution is 6.31. The zero-order valence-corrected chi connectivity index (χ0v) is 18.0. The molecule has 0 unspecified atom stereocenters. The van der Waals surface area contributed by atoms with Gasteiger partial charge >= 0.3 is 5.97 Å². The number of anilines is 1. The molecule has 0 bridgehead atoms. The van der Waals surface area contributed by atoms with Crippen LogP contribution in [-0.2, 0) is 9.53 Å². The van der Waals surface area contributed by atoms with Gasteiger partial charge in [0, 0.05) is 26.2 Å². The summed E-state index contributed by atoms with van der Waals surface area (Å²) in [6.07, 6.45) is 4.36. The lowest BCUT2D eigenvalue weighted by molar-refractivity contribution is -0.142. The van der Waals surface area contributed by atoms with E-state index < -0.39 is 11.8 Å². The van der Waals surface area contributed by atoms with Crippen molar-refractivity contribution in [1.82, 2.24) is 19.9 Å². The lowest BCUT2D eigenvalue weighted by Gasteiger charge is -2.17. The van der Waals surface area contributed by atoms with Gasteiger partial charge in [-0.3, -0.25) is 0 Å². The standard InChI is InChI=1S/C22H19ClFN5O3.2H2/c1-12(13-4-3-5-15(6-13)32-11-19(30)31-2)28-22-18(24)10-27-21(29-22)17-9-26-20-16(17)7-14(23)8-25-20;;/h3-10,12H,11H2,1-2H3,(H,25,26)(H,27,28,29);2*1H/t12-;;/m0../s1. The Morgan fingerprint density at radius 2 is 2.16 bits per heavy atom. The number of carbonyl (C=O) groups excluding carboxylic acids is 1. The molecule has 168 valence electrons. The smallest absolute Gasteiger partial charge is 0.343 e. The molecule has 4 aromatic rings. The number of hydrogen-bond acceptors (Lipinski definition) is 7. The van der Waals surface area contributed by atoms with Gasteiger partial charge in [-0.2, -0.15) is 0 Å². The van der Waals surface area contributed by atoms with E-state index in [1.807, 2.05) is 13.0 Å². The lowest BCUT2D eigenvalue weighted by Crippen LogP contribution is -2.13. The van der Waals surface area contributed by atoms with Crippen LogP contribution in [0.15, 0.2) is 48.9 Å². The second-order valence-corrected chi connectivity index (χ2v) is 7.38. The molecule has 4 rings (SSSR count). The normalized spacial score (nSPS) is 11.9. The number of aromatic nitrogens is 4. The number of nitrogens with zero attached hydrogens (tertiary/aromatic N) is 3. The Balaban J connectivity index is 0.00000204. The third kappa shape index (κ3) is 4.62. The molecule has 0 fully saturated rings. The van der Waals surface area contributed by atoms with Gasteiger partial charge in [0.15, 0.2) is 24.1 Å². The predicted molar refractivity (Wildman–Crippen MR) is 122 cm³/mol. The number of hydrogen-bond donors (Lipinski definition) is 2. The molecule has 0 amide bonds. The number of nitrogens with one attached hydrogen (secondary N) is 2. The van der Waals surface area contributed by atoms with Gasteiger partial charge in [-0.15, -0.1) is 0 Å². The fourth-order valence-corrected chi connectivity index (χ4v) is 3.28. The average molecular weight is 460 g/mol. The van der Waals surface area contributed by atoms with Crippen molar-refractivity contribution in [2.24, 2.45) is 0 Å².